The fourth-order valence-electron chi connectivity index (χ4n) is 5.32. The number of oxime groups is 1. The van der Waals surface area contributed by atoms with E-state index in [9.17, 15) is 18.4 Å². The van der Waals surface area contributed by atoms with Crippen molar-refractivity contribution < 1.29 is 23.1 Å². The molecule has 0 spiro atoms. The lowest BCUT2D eigenvalue weighted by Crippen LogP contribution is -2.41. The van der Waals surface area contributed by atoms with Gasteiger partial charge < -0.3 is 14.5 Å². The van der Waals surface area contributed by atoms with Crippen molar-refractivity contribution in [3.8, 4) is 5.75 Å². The molecule has 206 valence electrons. The van der Waals surface area contributed by atoms with Crippen molar-refractivity contribution in [3.05, 3.63) is 88.2 Å². The Kier molecular flexibility index (Phi) is 6.97. The summed E-state index contributed by atoms with van der Waals surface area (Å²) in [6, 6.07) is 10.4. The number of H-pyrrole nitrogens is 1. The van der Waals surface area contributed by atoms with Gasteiger partial charge in [-0.05, 0) is 68.5 Å². The minimum atomic E-state index is -1.03. The number of carbonyl (C=O) groups excluding carboxylic acids is 1. The highest BCUT2D eigenvalue weighted by Crippen LogP contribution is 2.32. The second-order valence-electron chi connectivity index (χ2n) is 9.80. The molecular weight excluding hydrogens is 522 g/mol. The van der Waals surface area contributed by atoms with Crippen LogP contribution >= 0.6 is 0 Å². The van der Waals surface area contributed by atoms with Crippen LogP contribution in [0, 0.1) is 11.6 Å². The first-order valence-corrected chi connectivity index (χ1v) is 13.1. The van der Waals surface area contributed by atoms with Gasteiger partial charge in [-0.1, -0.05) is 5.16 Å². The lowest BCUT2D eigenvalue weighted by atomic mass is 10.0. The molecule has 6 rings (SSSR count). The van der Waals surface area contributed by atoms with Gasteiger partial charge in [0.15, 0.2) is 23.0 Å². The number of nitrogens with zero attached hydrogens (tertiary/aromatic N) is 5. The first kappa shape index (κ1) is 25.7. The number of rotatable bonds is 4. The molecule has 12 heteroatoms. The van der Waals surface area contributed by atoms with Crippen molar-refractivity contribution >= 4 is 23.0 Å². The third kappa shape index (κ3) is 5.04. The fourth-order valence-corrected chi connectivity index (χ4v) is 5.32. The lowest BCUT2D eigenvalue weighted by molar-refractivity contribution is 0.0477. The predicted molar refractivity (Wildman–Crippen MR) is 141 cm³/mol. The number of nitrogens with one attached hydrogen (secondary N) is 1. The highest BCUT2D eigenvalue weighted by molar-refractivity contribution is 6.01. The quantitative estimate of drug-likeness (QED) is 0.287. The van der Waals surface area contributed by atoms with Crippen molar-refractivity contribution in [2.45, 2.75) is 44.2 Å². The van der Waals surface area contributed by atoms with Crippen LogP contribution in [-0.4, -0.2) is 49.3 Å². The van der Waals surface area contributed by atoms with Crippen LogP contribution in [0.1, 0.15) is 55.5 Å². The Bertz CT molecular complexity index is 1640. The van der Waals surface area contributed by atoms with Gasteiger partial charge in [0.25, 0.3) is 0 Å². The number of piperidine rings is 1. The molecule has 10 nitrogen and oxygen atoms in total. The third-order valence-corrected chi connectivity index (χ3v) is 7.31. The molecule has 1 aliphatic carbocycles. The molecule has 0 saturated carbocycles. The van der Waals surface area contributed by atoms with E-state index in [2.05, 4.69) is 20.1 Å². The fraction of sp³-hybridized carbons (Fsp3) is 0.321. The first-order valence-electron chi connectivity index (χ1n) is 13.1. The number of aromatic nitrogens is 4. The summed E-state index contributed by atoms with van der Waals surface area (Å²) in [6.45, 7) is 0.888. The van der Waals surface area contributed by atoms with E-state index in [1.807, 2.05) is 12.1 Å². The second-order valence-corrected chi connectivity index (χ2v) is 9.80. The number of amides is 1. The highest BCUT2D eigenvalue weighted by Gasteiger charge is 2.31. The van der Waals surface area contributed by atoms with Gasteiger partial charge in [0, 0.05) is 43.2 Å². The number of fused-ring (bicyclic) bond motifs is 2. The summed E-state index contributed by atoms with van der Waals surface area (Å²) >= 11 is 0. The number of carbonyl (C=O) groups is 1. The Labute approximate surface area is 227 Å². The molecule has 4 aromatic rings. The van der Waals surface area contributed by atoms with Gasteiger partial charge in [-0.3, -0.25) is 14.5 Å². The van der Waals surface area contributed by atoms with Gasteiger partial charge in [-0.2, -0.15) is 0 Å². The maximum Gasteiger partial charge on any atom is 0.410 e. The van der Waals surface area contributed by atoms with Crippen molar-refractivity contribution in [2.24, 2.45) is 5.16 Å². The van der Waals surface area contributed by atoms with E-state index in [1.54, 1.807) is 34.0 Å². The van der Waals surface area contributed by atoms with Crippen molar-refractivity contribution in [2.75, 3.05) is 13.1 Å². The largest absolute Gasteiger partial charge is 0.440 e. The zero-order valence-corrected chi connectivity index (χ0v) is 21.4. The van der Waals surface area contributed by atoms with E-state index < -0.39 is 23.8 Å². The molecule has 1 atom stereocenters. The van der Waals surface area contributed by atoms with Gasteiger partial charge in [-0.25, -0.2) is 23.4 Å². The van der Waals surface area contributed by atoms with E-state index in [-0.39, 0.29) is 17.5 Å². The molecule has 1 saturated heterocycles. The molecule has 1 aromatic carbocycles. The Morgan fingerprint density at radius 3 is 2.65 bits per heavy atom. The van der Waals surface area contributed by atoms with Crippen LogP contribution in [0.2, 0.25) is 0 Å². The maximum absolute atomic E-state index is 13.6. The van der Waals surface area contributed by atoms with Crippen LogP contribution in [0.15, 0.2) is 64.8 Å². The number of benzene rings is 1. The predicted octanol–water partition coefficient (Wildman–Crippen LogP) is 4.88. The minimum Gasteiger partial charge on any atom is -0.440 e. The lowest BCUT2D eigenvalue weighted by Gasteiger charge is -2.32. The summed E-state index contributed by atoms with van der Waals surface area (Å²) in [7, 11) is 0. The average molecular weight is 549 g/mol. The van der Waals surface area contributed by atoms with Gasteiger partial charge in [0.2, 0.25) is 0 Å². The summed E-state index contributed by atoms with van der Waals surface area (Å²) in [6.07, 6.45) is 5.15. The van der Waals surface area contributed by atoms with E-state index in [4.69, 9.17) is 9.57 Å². The second kappa shape index (κ2) is 10.9. The average Bonchev–Trinajstić information content (AvgIpc) is 3.21. The molecule has 3 aromatic heterocycles. The topological polar surface area (TPSA) is 115 Å². The zero-order valence-electron chi connectivity index (χ0n) is 21.4. The summed E-state index contributed by atoms with van der Waals surface area (Å²) in [5.74, 6) is -1.93. The molecule has 1 fully saturated rings. The van der Waals surface area contributed by atoms with Crippen LogP contribution in [0.3, 0.4) is 0 Å². The van der Waals surface area contributed by atoms with Gasteiger partial charge in [0.05, 0.1) is 16.9 Å². The van der Waals surface area contributed by atoms with Crippen molar-refractivity contribution in [1.82, 2.24) is 24.4 Å². The smallest absolute Gasteiger partial charge is 0.410 e. The Morgan fingerprint density at radius 2 is 1.82 bits per heavy atom. The molecular formula is C28H26F2N6O4. The molecule has 1 N–H and O–H groups in total. The molecule has 1 amide bonds. The number of hydrogen-bond donors (Lipinski definition) is 1. The third-order valence-electron chi connectivity index (χ3n) is 7.31. The van der Waals surface area contributed by atoms with Gasteiger partial charge >= 0.3 is 11.8 Å². The van der Waals surface area contributed by atoms with Crippen LogP contribution < -0.4 is 10.5 Å². The maximum atomic E-state index is 13.6. The van der Waals surface area contributed by atoms with E-state index in [0.29, 0.717) is 67.8 Å². The summed E-state index contributed by atoms with van der Waals surface area (Å²) in [4.78, 5) is 44.3. The number of aromatic amines is 1. The molecule has 40 heavy (non-hydrogen) atoms. The normalized spacial score (nSPS) is 18.9. The monoisotopic (exact) mass is 548 g/mol. The highest BCUT2D eigenvalue weighted by atomic mass is 19.2. The van der Waals surface area contributed by atoms with E-state index in [1.165, 1.54) is 6.07 Å². The zero-order chi connectivity index (χ0) is 27.6. The molecule has 0 radical (unpaired) electrons. The van der Waals surface area contributed by atoms with Gasteiger partial charge in [-0.15, -0.1) is 0 Å². The Morgan fingerprint density at radius 1 is 1.02 bits per heavy atom. The number of pyridine rings is 2. The first-order chi connectivity index (χ1) is 19.5. The van der Waals surface area contributed by atoms with Gasteiger partial charge in [0.1, 0.15) is 6.10 Å². The van der Waals surface area contributed by atoms with Crippen LogP contribution in [-0.2, 0) is 4.74 Å². The van der Waals surface area contributed by atoms with E-state index in [0.717, 1.165) is 17.6 Å². The van der Waals surface area contributed by atoms with Crippen molar-refractivity contribution in [1.29, 1.82) is 0 Å². The molecule has 0 bridgehead atoms. The van der Waals surface area contributed by atoms with Crippen LogP contribution in [0.5, 0.6) is 5.75 Å². The van der Waals surface area contributed by atoms with Crippen molar-refractivity contribution in [3.63, 3.8) is 0 Å². The number of halogens is 2. The van der Waals surface area contributed by atoms with E-state index >= 15 is 0 Å². The summed E-state index contributed by atoms with van der Waals surface area (Å²) < 4.78 is 34.5. The molecule has 4 heterocycles. The summed E-state index contributed by atoms with van der Waals surface area (Å²) in [5, 5.41) is 4.19. The van der Waals surface area contributed by atoms with Crippen LogP contribution in [0.4, 0.5) is 13.6 Å². The number of imidazole rings is 1. The molecule has 1 aliphatic heterocycles. The summed E-state index contributed by atoms with van der Waals surface area (Å²) in [5.41, 5.74) is 2.90. The Balaban J connectivity index is 1.14. The molecule has 2 aliphatic rings. The standard InChI is InChI=1S/C28H26F2N6O4/c29-20-9-8-18(16-21(20)30)40-34-22-5-1-7-24(25-19(22)4-2-12-31-25)39-28(38)35-14-10-17(11-15-35)36-23-6-3-13-32-26(23)33-27(36)37/h2-4,6,8-9,12-13,16-17,24H,1,5,7,10-11,14-15H2,(H,32,33,37)/b34-22+. The minimum absolute atomic E-state index is 0.0527. The number of hydrogen-bond acceptors (Lipinski definition) is 7. The Hall–Kier alpha value is -4.61. The van der Waals surface area contributed by atoms with Crippen LogP contribution in [0.25, 0.3) is 11.2 Å². The number of likely N-dealkylation sites (tertiary alicyclic amines) is 1. The number of ether oxygens (including phenoxy) is 1. The SMILES string of the molecule is O=C(OC1CCC/C(=N\Oc2ccc(F)c(F)c2)c2cccnc21)N1CCC(n2c(=O)[nH]c3ncccc32)CC1. The molecule has 1 unspecified atom stereocenters.